The van der Waals surface area contributed by atoms with Crippen LogP contribution in [0.3, 0.4) is 0 Å². The molecule has 3 unspecified atom stereocenters. The number of alkyl halides is 3. The zero-order valence-corrected chi connectivity index (χ0v) is 14.0. The summed E-state index contributed by atoms with van der Waals surface area (Å²) in [6.45, 7) is 0.291. The number of thioether (sulfide) groups is 1. The Hall–Kier alpha value is -1.91. The van der Waals surface area contributed by atoms with Gasteiger partial charge in [0, 0.05) is 11.7 Å². The van der Waals surface area contributed by atoms with Gasteiger partial charge in [-0.1, -0.05) is 11.8 Å². The molecule has 2 aliphatic heterocycles. The number of hydrogen-bond acceptors (Lipinski definition) is 7. The number of ketones is 1. The van der Waals surface area contributed by atoms with E-state index in [0.717, 1.165) is 17.8 Å². The second-order valence-electron chi connectivity index (χ2n) is 5.94. The van der Waals surface area contributed by atoms with Crippen LogP contribution in [0.2, 0.25) is 0 Å². The molecule has 2 fully saturated rings. The molecule has 0 saturated carbocycles. The summed E-state index contributed by atoms with van der Waals surface area (Å²) in [7, 11) is 0. The van der Waals surface area contributed by atoms with Gasteiger partial charge in [0.2, 0.25) is 0 Å². The van der Waals surface area contributed by atoms with Crippen LogP contribution in [0.4, 0.5) is 13.2 Å². The van der Waals surface area contributed by atoms with Gasteiger partial charge < -0.3 is 13.9 Å². The number of nitrogens with zero attached hydrogens (tertiary/aromatic N) is 2. The number of aromatic nitrogens is 2. The lowest BCUT2D eigenvalue weighted by molar-refractivity contribution is -0.141. The van der Waals surface area contributed by atoms with E-state index in [1.165, 1.54) is 12.3 Å². The molecule has 26 heavy (non-hydrogen) atoms. The Morgan fingerprint density at radius 2 is 2.08 bits per heavy atom. The number of halogens is 3. The summed E-state index contributed by atoms with van der Waals surface area (Å²) in [6.07, 6.45) is -3.91. The first-order chi connectivity index (χ1) is 12.4. The van der Waals surface area contributed by atoms with Crippen molar-refractivity contribution >= 4 is 17.5 Å². The average Bonchev–Trinajstić information content (AvgIpc) is 3.21. The quantitative estimate of drug-likeness (QED) is 0.749. The van der Waals surface area contributed by atoms with Crippen LogP contribution in [0.5, 0.6) is 0 Å². The van der Waals surface area contributed by atoms with E-state index in [-0.39, 0.29) is 41.3 Å². The van der Waals surface area contributed by atoms with Gasteiger partial charge in [0.05, 0.1) is 25.4 Å². The first-order valence-electron chi connectivity index (χ1n) is 7.84. The van der Waals surface area contributed by atoms with Crippen LogP contribution in [0.25, 0.3) is 11.5 Å². The highest BCUT2D eigenvalue weighted by Crippen LogP contribution is 2.37. The van der Waals surface area contributed by atoms with Crippen molar-refractivity contribution in [3.63, 3.8) is 0 Å². The highest BCUT2D eigenvalue weighted by atomic mass is 32.2. The summed E-state index contributed by atoms with van der Waals surface area (Å²) >= 11 is 0.993. The fraction of sp³-hybridized carbons (Fsp3) is 0.438. The lowest BCUT2D eigenvalue weighted by Gasteiger charge is -2.19. The molecular formula is C16H13F3N2O4S. The molecular weight excluding hydrogens is 373 g/mol. The SMILES string of the molecule is O=C1CC2OCC(O2)C(Sc2nc(-c3ccco3)cc(C(F)(F)F)n2)C1. The van der Waals surface area contributed by atoms with Crippen molar-refractivity contribution in [1.29, 1.82) is 0 Å². The maximum atomic E-state index is 13.2. The van der Waals surface area contributed by atoms with Crippen LogP contribution in [-0.4, -0.2) is 40.0 Å². The molecule has 138 valence electrons. The van der Waals surface area contributed by atoms with Gasteiger partial charge in [-0.2, -0.15) is 13.2 Å². The first kappa shape index (κ1) is 17.5. The van der Waals surface area contributed by atoms with Crippen molar-refractivity contribution in [2.45, 2.75) is 41.8 Å². The van der Waals surface area contributed by atoms with E-state index in [1.54, 1.807) is 6.07 Å². The molecule has 0 N–H and O–H groups in total. The summed E-state index contributed by atoms with van der Waals surface area (Å²) < 4.78 is 55.8. The molecule has 2 aromatic rings. The van der Waals surface area contributed by atoms with Crippen LogP contribution < -0.4 is 0 Å². The molecule has 3 atom stereocenters. The zero-order chi connectivity index (χ0) is 18.3. The molecule has 4 rings (SSSR count). The summed E-state index contributed by atoms with van der Waals surface area (Å²) in [6, 6.07) is 3.92. The summed E-state index contributed by atoms with van der Waals surface area (Å²) in [5.74, 6) is 0.144. The van der Waals surface area contributed by atoms with Gasteiger partial charge in [-0.3, -0.25) is 4.79 Å². The third kappa shape index (κ3) is 3.62. The second-order valence-corrected chi connectivity index (χ2v) is 7.14. The van der Waals surface area contributed by atoms with Gasteiger partial charge in [-0.05, 0) is 18.2 Å². The molecule has 2 aromatic heterocycles. The second kappa shape index (κ2) is 6.67. The van der Waals surface area contributed by atoms with E-state index in [0.29, 0.717) is 6.61 Å². The Kier molecular flexibility index (Phi) is 4.49. The Bertz CT molecular complexity index is 812. The standard InChI is InChI=1S/C16H13F3N2O4S/c17-16(18,19)13-6-9(10-2-1-3-23-10)20-15(21-13)26-12-4-8(22)5-14-24-7-11(12)25-14/h1-3,6,11-12,14H,4-5,7H2. The number of hydrogen-bond donors (Lipinski definition) is 0. The largest absolute Gasteiger partial charge is 0.463 e. The number of carbonyl (C=O) groups excluding carboxylic acids is 1. The van der Waals surface area contributed by atoms with Crippen LogP contribution >= 0.6 is 11.8 Å². The minimum absolute atomic E-state index is 0.0289. The fourth-order valence-electron chi connectivity index (χ4n) is 2.83. The average molecular weight is 386 g/mol. The molecule has 2 bridgehead atoms. The van der Waals surface area contributed by atoms with E-state index in [9.17, 15) is 18.0 Å². The van der Waals surface area contributed by atoms with Crippen molar-refractivity contribution in [3.05, 3.63) is 30.2 Å². The summed E-state index contributed by atoms with van der Waals surface area (Å²) in [5.41, 5.74) is -1.04. The molecule has 4 heterocycles. The Labute approximate surface area is 150 Å². The first-order valence-corrected chi connectivity index (χ1v) is 8.72. The lowest BCUT2D eigenvalue weighted by atomic mass is 10.1. The van der Waals surface area contributed by atoms with Crippen molar-refractivity contribution in [3.8, 4) is 11.5 Å². The van der Waals surface area contributed by atoms with Gasteiger partial charge in [-0.15, -0.1) is 0 Å². The van der Waals surface area contributed by atoms with E-state index in [2.05, 4.69) is 9.97 Å². The number of ether oxygens (including phenoxy) is 2. The predicted molar refractivity (Wildman–Crippen MR) is 83.2 cm³/mol. The Morgan fingerprint density at radius 3 is 2.81 bits per heavy atom. The molecule has 0 aromatic carbocycles. The van der Waals surface area contributed by atoms with Gasteiger partial charge in [-0.25, -0.2) is 9.97 Å². The van der Waals surface area contributed by atoms with Gasteiger partial charge in [0.1, 0.15) is 17.2 Å². The third-order valence-electron chi connectivity index (χ3n) is 4.04. The number of carbonyl (C=O) groups is 1. The molecule has 0 radical (unpaired) electrons. The monoisotopic (exact) mass is 386 g/mol. The Balaban J connectivity index is 1.67. The minimum atomic E-state index is -4.63. The molecule has 2 aliphatic rings. The minimum Gasteiger partial charge on any atom is -0.463 e. The van der Waals surface area contributed by atoms with Gasteiger partial charge in [0.15, 0.2) is 17.2 Å². The highest BCUT2D eigenvalue weighted by Gasteiger charge is 2.40. The molecule has 2 saturated heterocycles. The topological polar surface area (TPSA) is 74.5 Å². The van der Waals surface area contributed by atoms with Crippen LogP contribution in [0, 0.1) is 0 Å². The number of furan rings is 1. The zero-order valence-electron chi connectivity index (χ0n) is 13.2. The number of rotatable bonds is 3. The van der Waals surface area contributed by atoms with Crippen LogP contribution in [0.1, 0.15) is 18.5 Å². The maximum absolute atomic E-state index is 13.2. The van der Waals surface area contributed by atoms with Crippen LogP contribution in [-0.2, 0) is 20.4 Å². The molecule has 0 aliphatic carbocycles. The third-order valence-corrected chi connectivity index (χ3v) is 5.20. The van der Waals surface area contributed by atoms with Gasteiger partial charge >= 0.3 is 6.18 Å². The van der Waals surface area contributed by atoms with Crippen molar-refractivity contribution < 1.29 is 31.9 Å². The summed E-state index contributed by atoms with van der Waals surface area (Å²) in [4.78, 5) is 19.7. The van der Waals surface area contributed by atoms with E-state index < -0.39 is 23.4 Å². The fourth-order valence-corrected chi connectivity index (χ4v) is 3.97. The summed E-state index contributed by atoms with van der Waals surface area (Å²) in [5, 5.41) is -0.499. The lowest BCUT2D eigenvalue weighted by Crippen LogP contribution is -2.27. The van der Waals surface area contributed by atoms with Gasteiger partial charge in [0.25, 0.3) is 0 Å². The molecule has 10 heteroatoms. The van der Waals surface area contributed by atoms with Crippen molar-refractivity contribution in [2.24, 2.45) is 0 Å². The number of fused-ring (bicyclic) bond motifs is 2. The maximum Gasteiger partial charge on any atom is 0.433 e. The van der Waals surface area contributed by atoms with E-state index >= 15 is 0 Å². The molecule has 6 nitrogen and oxygen atoms in total. The van der Waals surface area contributed by atoms with E-state index in [1.807, 2.05) is 0 Å². The smallest absolute Gasteiger partial charge is 0.433 e. The predicted octanol–water partition coefficient (Wildman–Crippen LogP) is 3.32. The molecule has 0 spiro atoms. The van der Waals surface area contributed by atoms with Crippen molar-refractivity contribution in [2.75, 3.05) is 6.61 Å². The Morgan fingerprint density at radius 1 is 1.23 bits per heavy atom. The normalized spacial score (nSPS) is 26.1. The number of Topliss-reactive ketones (excluding diaryl/α,β-unsaturated/α-hetero) is 1. The highest BCUT2D eigenvalue weighted by molar-refractivity contribution is 7.99. The molecule has 0 amide bonds. The van der Waals surface area contributed by atoms with E-state index in [4.69, 9.17) is 13.9 Å². The van der Waals surface area contributed by atoms with Crippen LogP contribution in [0.15, 0.2) is 34.0 Å². The van der Waals surface area contributed by atoms with Crippen molar-refractivity contribution in [1.82, 2.24) is 9.97 Å².